The summed E-state index contributed by atoms with van der Waals surface area (Å²) >= 11 is 0. The zero-order chi connectivity index (χ0) is 14.9. The molecule has 0 amide bonds. The van der Waals surface area contributed by atoms with Crippen LogP contribution >= 0.6 is 0 Å². The van der Waals surface area contributed by atoms with E-state index in [1.807, 2.05) is 0 Å². The van der Waals surface area contributed by atoms with Crippen molar-refractivity contribution in [1.82, 2.24) is 14.8 Å². The van der Waals surface area contributed by atoms with Crippen molar-refractivity contribution in [2.24, 2.45) is 0 Å². The lowest BCUT2D eigenvalue weighted by atomic mass is 9.91. The molecule has 1 saturated carbocycles. The van der Waals surface area contributed by atoms with E-state index in [2.05, 4.69) is 14.8 Å². The van der Waals surface area contributed by atoms with Crippen LogP contribution in [-0.4, -0.2) is 47.0 Å². The minimum atomic E-state index is -4.37. The molecule has 116 valence electrons. The molecule has 0 atom stereocenters. The Hall–Kier alpha value is -1.14. The molecule has 0 bridgehead atoms. The first-order chi connectivity index (χ1) is 10.0. The summed E-state index contributed by atoms with van der Waals surface area (Å²) in [6.07, 6.45) is 0.711. The second kappa shape index (κ2) is 5.93. The Morgan fingerprint density at radius 3 is 2.43 bits per heavy atom. The number of piperazine rings is 1. The summed E-state index contributed by atoms with van der Waals surface area (Å²) in [6, 6.07) is 3.83. The Bertz CT molecular complexity index is 477. The molecule has 1 aromatic rings. The average molecular weight is 299 g/mol. The Labute approximate surface area is 122 Å². The van der Waals surface area contributed by atoms with Crippen molar-refractivity contribution in [2.75, 3.05) is 26.2 Å². The van der Waals surface area contributed by atoms with E-state index in [1.165, 1.54) is 31.5 Å². The first kappa shape index (κ1) is 14.8. The second-order valence-corrected chi connectivity index (χ2v) is 5.91. The number of hydrogen-bond acceptors (Lipinski definition) is 3. The van der Waals surface area contributed by atoms with E-state index in [0.29, 0.717) is 6.54 Å². The lowest BCUT2D eigenvalue weighted by Gasteiger charge is -2.43. The lowest BCUT2D eigenvalue weighted by Crippen LogP contribution is -2.51. The van der Waals surface area contributed by atoms with Crippen LogP contribution in [0.4, 0.5) is 13.2 Å². The van der Waals surface area contributed by atoms with Gasteiger partial charge in [0, 0.05) is 45.0 Å². The summed E-state index contributed by atoms with van der Waals surface area (Å²) in [5.41, 5.74) is -0.464. The van der Waals surface area contributed by atoms with Gasteiger partial charge in [0.1, 0.15) is 5.69 Å². The van der Waals surface area contributed by atoms with Gasteiger partial charge in [0.15, 0.2) is 0 Å². The minimum Gasteiger partial charge on any atom is -0.298 e. The molecule has 1 aliphatic heterocycles. The number of halogens is 3. The van der Waals surface area contributed by atoms with Gasteiger partial charge in [-0.2, -0.15) is 13.2 Å². The van der Waals surface area contributed by atoms with E-state index in [1.54, 1.807) is 6.07 Å². The third kappa shape index (κ3) is 3.37. The highest BCUT2D eigenvalue weighted by Crippen LogP contribution is 2.31. The topological polar surface area (TPSA) is 19.4 Å². The zero-order valence-electron chi connectivity index (χ0n) is 11.9. The predicted octanol–water partition coefficient (Wildman–Crippen LogP) is 2.77. The van der Waals surface area contributed by atoms with E-state index < -0.39 is 11.9 Å². The van der Waals surface area contributed by atoms with E-state index in [0.717, 1.165) is 32.2 Å². The van der Waals surface area contributed by atoms with Crippen LogP contribution in [0.1, 0.15) is 30.5 Å². The largest absolute Gasteiger partial charge is 0.433 e. The molecule has 0 radical (unpaired) electrons. The third-order valence-electron chi connectivity index (χ3n) is 4.55. The predicted molar refractivity (Wildman–Crippen MR) is 73.7 cm³/mol. The van der Waals surface area contributed by atoms with Gasteiger partial charge < -0.3 is 0 Å². The maximum absolute atomic E-state index is 12.9. The molecule has 21 heavy (non-hydrogen) atoms. The highest BCUT2D eigenvalue weighted by atomic mass is 19.4. The van der Waals surface area contributed by atoms with Crippen LogP contribution in [0.5, 0.6) is 0 Å². The second-order valence-electron chi connectivity index (χ2n) is 5.91. The van der Waals surface area contributed by atoms with E-state index in [-0.39, 0.29) is 5.56 Å². The van der Waals surface area contributed by atoms with Crippen molar-refractivity contribution in [1.29, 1.82) is 0 Å². The van der Waals surface area contributed by atoms with E-state index >= 15 is 0 Å². The number of rotatable bonds is 3. The summed E-state index contributed by atoms with van der Waals surface area (Å²) < 4.78 is 38.8. The number of hydrogen-bond donors (Lipinski definition) is 0. The molecule has 1 saturated heterocycles. The van der Waals surface area contributed by atoms with Crippen LogP contribution < -0.4 is 0 Å². The first-order valence-corrected chi connectivity index (χ1v) is 7.51. The van der Waals surface area contributed by atoms with E-state index in [9.17, 15) is 13.2 Å². The van der Waals surface area contributed by atoms with Crippen molar-refractivity contribution >= 4 is 0 Å². The number of alkyl halides is 3. The summed E-state index contributed by atoms with van der Waals surface area (Å²) in [5.74, 6) is 0. The van der Waals surface area contributed by atoms with Gasteiger partial charge in [-0.3, -0.25) is 14.8 Å². The molecule has 2 heterocycles. The van der Waals surface area contributed by atoms with Crippen LogP contribution in [0, 0.1) is 0 Å². The van der Waals surface area contributed by atoms with Crippen LogP contribution in [0.3, 0.4) is 0 Å². The molecular weight excluding hydrogens is 279 g/mol. The number of pyridine rings is 1. The fourth-order valence-electron chi connectivity index (χ4n) is 3.10. The lowest BCUT2D eigenvalue weighted by molar-refractivity contribution is -0.142. The first-order valence-electron chi connectivity index (χ1n) is 7.51. The summed E-state index contributed by atoms with van der Waals surface area (Å²) in [6.45, 7) is 3.94. The smallest absolute Gasteiger partial charge is 0.298 e. The maximum atomic E-state index is 12.9. The SMILES string of the molecule is FC(F)(F)c1ncccc1CN1CCN(C2CCC2)CC1. The Morgan fingerprint density at radius 1 is 1.14 bits per heavy atom. The monoisotopic (exact) mass is 299 g/mol. The quantitative estimate of drug-likeness (QED) is 0.855. The van der Waals surface area contributed by atoms with Gasteiger partial charge in [0.05, 0.1) is 0 Å². The average Bonchev–Trinajstić information content (AvgIpc) is 2.38. The Morgan fingerprint density at radius 2 is 1.86 bits per heavy atom. The van der Waals surface area contributed by atoms with Crippen molar-refractivity contribution in [3.8, 4) is 0 Å². The summed E-state index contributed by atoms with van der Waals surface area (Å²) in [5, 5.41) is 0. The third-order valence-corrected chi connectivity index (χ3v) is 4.55. The van der Waals surface area contributed by atoms with Crippen molar-refractivity contribution in [3.63, 3.8) is 0 Å². The van der Waals surface area contributed by atoms with Gasteiger partial charge in [-0.1, -0.05) is 12.5 Å². The highest BCUT2D eigenvalue weighted by Gasteiger charge is 2.35. The molecule has 0 spiro atoms. The standard InChI is InChI=1S/C15H20F3N3/c16-15(17,18)14-12(3-2-6-19-14)11-20-7-9-21(10-8-20)13-4-1-5-13/h2-3,6,13H,1,4-5,7-11H2. The maximum Gasteiger partial charge on any atom is 0.433 e. The van der Waals surface area contributed by atoms with Crippen LogP contribution in [0.2, 0.25) is 0 Å². The molecule has 1 aliphatic carbocycles. The van der Waals surface area contributed by atoms with Gasteiger partial charge in [0.2, 0.25) is 0 Å². The molecule has 1 aromatic heterocycles. The number of aromatic nitrogens is 1. The summed E-state index contributed by atoms with van der Waals surface area (Å²) in [7, 11) is 0. The molecule has 0 unspecified atom stereocenters. The molecule has 3 rings (SSSR count). The Balaban J connectivity index is 1.60. The van der Waals surface area contributed by atoms with Gasteiger partial charge in [-0.15, -0.1) is 0 Å². The van der Waals surface area contributed by atoms with Crippen molar-refractivity contribution < 1.29 is 13.2 Å². The van der Waals surface area contributed by atoms with Crippen LogP contribution in [0.15, 0.2) is 18.3 Å². The molecule has 0 aromatic carbocycles. The highest BCUT2D eigenvalue weighted by molar-refractivity contribution is 5.22. The number of nitrogens with zero attached hydrogens (tertiary/aromatic N) is 3. The molecule has 6 heteroatoms. The molecule has 3 nitrogen and oxygen atoms in total. The van der Waals surface area contributed by atoms with Gasteiger partial charge in [-0.05, 0) is 24.5 Å². The fourth-order valence-corrected chi connectivity index (χ4v) is 3.10. The zero-order valence-corrected chi connectivity index (χ0v) is 11.9. The molecular formula is C15H20F3N3. The minimum absolute atomic E-state index is 0.280. The van der Waals surface area contributed by atoms with Crippen molar-refractivity contribution in [2.45, 2.75) is 38.0 Å². The molecule has 2 fully saturated rings. The van der Waals surface area contributed by atoms with E-state index in [4.69, 9.17) is 0 Å². The van der Waals surface area contributed by atoms with Crippen molar-refractivity contribution in [3.05, 3.63) is 29.6 Å². The van der Waals surface area contributed by atoms with Gasteiger partial charge >= 0.3 is 6.18 Å². The fraction of sp³-hybridized carbons (Fsp3) is 0.667. The van der Waals surface area contributed by atoms with Gasteiger partial charge in [-0.25, -0.2) is 0 Å². The molecule has 2 aliphatic rings. The normalized spacial score (nSPS) is 22.2. The van der Waals surface area contributed by atoms with Crippen LogP contribution in [0.25, 0.3) is 0 Å². The van der Waals surface area contributed by atoms with Crippen LogP contribution in [-0.2, 0) is 12.7 Å². The Kier molecular flexibility index (Phi) is 4.17. The summed E-state index contributed by atoms with van der Waals surface area (Å²) in [4.78, 5) is 8.10. The molecule has 0 N–H and O–H groups in total. The van der Waals surface area contributed by atoms with Gasteiger partial charge in [0.25, 0.3) is 0 Å².